The monoisotopic (exact) mass is 596 g/mol. The van der Waals surface area contributed by atoms with Crippen LogP contribution in [0.3, 0.4) is 0 Å². The minimum atomic E-state index is -6.00. The largest absolute Gasteiger partial charge is 0.673 e. The molecule has 0 saturated heterocycles. The van der Waals surface area contributed by atoms with E-state index in [1.807, 2.05) is 28.9 Å². The van der Waals surface area contributed by atoms with Gasteiger partial charge in [-0.15, -0.1) is 5.10 Å². The summed E-state index contributed by atoms with van der Waals surface area (Å²) in [7, 11) is -8.48. The van der Waals surface area contributed by atoms with Crippen LogP contribution in [-0.2, 0) is 0 Å². The molecule has 0 aliphatic heterocycles. The third-order valence-corrected chi connectivity index (χ3v) is 10.8. The number of hydrogen-bond donors (Lipinski definition) is 0. The fraction of sp³-hybridized carbons (Fsp3) is 0. The standard InChI is InChI=1S/C33H26N4P.BF4/c1-6-16-27(17-7-1)26-32(37-33(34-35-36-37)28-18-8-2-9-19-28)38(29-20-10-3-11-21-29,30-22-12-4-13-23-30)31-24-14-5-15-25-31;2-1(3,4)5/h1-26H;/q+1;-1. The maximum atomic E-state index is 9.75. The van der Waals surface area contributed by atoms with Gasteiger partial charge in [0.25, 0.3) is 0 Å². The molecule has 0 aliphatic carbocycles. The quantitative estimate of drug-likeness (QED) is 0.108. The van der Waals surface area contributed by atoms with Gasteiger partial charge < -0.3 is 17.3 Å². The molecular formula is C33H26BF4N4P. The molecule has 214 valence electrons. The Kier molecular flexibility index (Phi) is 9.23. The van der Waals surface area contributed by atoms with Crippen LogP contribution in [0.2, 0.25) is 0 Å². The van der Waals surface area contributed by atoms with Crippen molar-refractivity contribution in [2.45, 2.75) is 0 Å². The topological polar surface area (TPSA) is 43.6 Å². The molecule has 0 amide bonds. The number of nitrogens with zero attached hydrogens (tertiary/aromatic N) is 4. The number of tetrazole rings is 1. The van der Waals surface area contributed by atoms with E-state index >= 15 is 0 Å². The highest BCUT2D eigenvalue weighted by Gasteiger charge is 2.52. The van der Waals surface area contributed by atoms with E-state index in [9.17, 15) is 17.3 Å². The lowest BCUT2D eigenvalue weighted by atomic mass is 10.2. The molecule has 1 aromatic heterocycles. The third kappa shape index (κ3) is 6.96. The molecule has 0 radical (unpaired) electrons. The second-order valence-electron chi connectivity index (χ2n) is 9.37. The first-order valence-corrected chi connectivity index (χ1v) is 15.2. The Hall–Kier alpha value is -4.88. The van der Waals surface area contributed by atoms with Crippen LogP contribution in [-0.4, -0.2) is 27.5 Å². The Morgan fingerprint density at radius 1 is 0.558 bits per heavy atom. The van der Waals surface area contributed by atoms with Crippen molar-refractivity contribution in [2.24, 2.45) is 0 Å². The summed E-state index contributed by atoms with van der Waals surface area (Å²) in [4.78, 5) is 0. The number of aromatic nitrogens is 4. The van der Waals surface area contributed by atoms with Crippen molar-refractivity contribution in [1.29, 1.82) is 0 Å². The summed E-state index contributed by atoms with van der Waals surface area (Å²) >= 11 is 0. The summed E-state index contributed by atoms with van der Waals surface area (Å²) in [6, 6.07) is 52.9. The van der Waals surface area contributed by atoms with Crippen molar-refractivity contribution < 1.29 is 17.3 Å². The molecule has 0 atom stereocenters. The third-order valence-electron chi connectivity index (χ3n) is 6.59. The van der Waals surface area contributed by atoms with Crippen LogP contribution in [0.15, 0.2) is 152 Å². The van der Waals surface area contributed by atoms with E-state index in [2.05, 4.69) is 149 Å². The van der Waals surface area contributed by atoms with Crippen molar-refractivity contribution in [3.05, 3.63) is 157 Å². The van der Waals surface area contributed by atoms with Gasteiger partial charge in [0.15, 0.2) is 13.1 Å². The fourth-order valence-corrected chi connectivity index (χ4v) is 9.21. The zero-order valence-corrected chi connectivity index (χ0v) is 23.7. The second-order valence-corrected chi connectivity index (χ2v) is 12.7. The average Bonchev–Trinajstić information content (AvgIpc) is 3.53. The predicted molar refractivity (Wildman–Crippen MR) is 169 cm³/mol. The van der Waals surface area contributed by atoms with Crippen LogP contribution in [0.5, 0.6) is 0 Å². The zero-order valence-electron chi connectivity index (χ0n) is 22.8. The highest BCUT2D eigenvalue weighted by molar-refractivity contribution is 8.03. The van der Waals surface area contributed by atoms with Gasteiger partial charge in [0, 0.05) is 11.6 Å². The van der Waals surface area contributed by atoms with Crippen molar-refractivity contribution in [3.8, 4) is 11.4 Å². The molecule has 0 fully saturated rings. The van der Waals surface area contributed by atoms with Crippen molar-refractivity contribution in [2.75, 3.05) is 0 Å². The van der Waals surface area contributed by atoms with Gasteiger partial charge >= 0.3 is 7.25 Å². The predicted octanol–water partition coefficient (Wildman–Crippen LogP) is 7.59. The van der Waals surface area contributed by atoms with Gasteiger partial charge in [-0.1, -0.05) is 115 Å². The average molecular weight is 596 g/mol. The lowest BCUT2D eigenvalue weighted by Crippen LogP contribution is -2.33. The van der Waals surface area contributed by atoms with E-state index < -0.39 is 14.5 Å². The normalized spacial score (nSPS) is 11.9. The molecule has 1 heterocycles. The van der Waals surface area contributed by atoms with E-state index in [-0.39, 0.29) is 0 Å². The zero-order chi connectivity index (χ0) is 30.1. The molecule has 5 aromatic carbocycles. The van der Waals surface area contributed by atoms with E-state index in [0.29, 0.717) is 5.82 Å². The maximum Gasteiger partial charge on any atom is 0.673 e. The SMILES string of the molecule is C(=C(n1nnnc1-c1ccccc1)[P+](c1ccccc1)(c1ccccc1)c1ccccc1)c1ccccc1.F[B-](F)(F)F. The molecule has 0 unspecified atom stereocenters. The van der Waals surface area contributed by atoms with Crippen LogP contribution in [0.25, 0.3) is 22.9 Å². The summed E-state index contributed by atoms with van der Waals surface area (Å²) < 4.78 is 40.9. The van der Waals surface area contributed by atoms with Gasteiger partial charge in [0.1, 0.15) is 15.9 Å². The van der Waals surface area contributed by atoms with E-state index in [4.69, 9.17) is 0 Å². The van der Waals surface area contributed by atoms with Crippen molar-refractivity contribution in [3.63, 3.8) is 0 Å². The van der Waals surface area contributed by atoms with Gasteiger partial charge in [-0.2, -0.15) is 4.68 Å². The molecular weight excluding hydrogens is 570 g/mol. The minimum absolute atomic E-state index is 0.708. The summed E-state index contributed by atoms with van der Waals surface area (Å²) in [5.41, 5.74) is 3.09. The molecule has 43 heavy (non-hydrogen) atoms. The number of benzene rings is 5. The molecule has 6 aromatic rings. The van der Waals surface area contributed by atoms with Crippen LogP contribution in [0, 0.1) is 0 Å². The maximum absolute atomic E-state index is 9.75. The van der Waals surface area contributed by atoms with Crippen LogP contribution < -0.4 is 15.9 Å². The van der Waals surface area contributed by atoms with Crippen LogP contribution in [0.4, 0.5) is 17.3 Å². The summed E-state index contributed by atoms with van der Waals surface area (Å²) in [6.45, 7) is 0. The van der Waals surface area contributed by atoms with E-state index in [1.165, 1.54) is 15.9 Å². The lowest BCUT2D eigenvalue weighted by molar-refractivity contribution is 0.368. The lowest BCUT2D eigenvalue weighted by Gasteiger charge is -2.29. The van der Waals surface area contributed by atoms with Gasteiger partial charge in [-0.3, -0.25) is 0 Å². The number of hydrogen-bond acceptors (Lipinski definition) is 3. The summed E-state index contributed by atoms with van der Waals surface area (Å²) in [6.07, 6.45) is 2.25. The Labute approximate surface area is 247 Å². The Bertz CT molecular complexity index is 1650. The molecule has 0 N–H and O–H groups in total. The van der Waals surface area contributed by atoms with Crippen LogP contribution >= 0.6 is 7.26 Å². The Morgan fingerprint density at radius 2 is 0.930 bits per heavy atom. The first kappa shape index (κ1) is 29.6. The molecule has 0 bridgehead atoms. The minimum Gasteiger partial charge on any atom is -0.418 e. The van der Waals surface area contributed by atoms with Crippen LogP contribution in [0.1, 0.15) is 5.56 Å². The summed E-state index contributed by atoms with van der Waals surface area (Å²) in [5.74, 6) is 0.708. The first-order valence-electron chi connectivity index (χ1n) is 13.4. The van der Waals surface area contributed by atoms with Crippen molar-refractivity contribution >= 4 is 41.9 Å². The molecule has 0 spiro atoms. The summed E-state index contributed by atoms with van der Waals surface area (Å²) in [5, 5.41) is 17.1. The molecule has 0 aliphatic rings. The second kappa shape index (κ2) is 13.4. The van der Waals surface area contributed by atoms with Gasteiger partial charge in [0.05, 0.1) is 0 Å². The Balaban J connectivity index is 0.000000682. The van der Waals surface area contributed by atoms with Crippen molar-refractivity contribution in [1.82, 2.24) is 20.2 Å². The van der Waals surface area contributed by atoms with Gasteiger partial charge in [-0.25, -0.2) is 0 Å². The Morgan fingerprint density at radius 3 is 1.35 bits per heavy atom. The molecule has 4 nitrogen and oxygen atoms in total. The first-order chi connectivity index (χ1) is 20.9. The highest BCUT2D eigenvalue weighted by Crippen LogP contribution is 2.65. The molecule has 0 saturated carbocycles. The van der Waals surface area contributed by atoms with Gasteiger partial charge in [-0.05, 0) is 52.4 Å². The smallest absolute Gasteiger partial charge is 0.418 e. The molecule has 6 rings (SSSR count). The van der Waals surface area contributed by atoms with E-state index in [0.717, 1.165) is 16.6 Å². The number of halogens is 4. The van der Waals surface area contributed by atoms with E-state index in [1.54, 1.807) is 0 Å². The highest BCUT2D eigenvalue weighted by atomic mass is 31.2. The van der Waals surface area contributed by atoms with Gasteiger partial charge in [0.2, 0.25) is 5.44 Å². The number of rotatable bonds is 7. The fourth-order valence-electron chi connectivity index (χ4n) is 4.91. The molecule has 10 heteroatoms.